The molecule has 126 valence electrons. The molecule has 1 heteroatoms. The van der Waals surface area contributed by atoms with Gasteiger partial charge in [-0.2, -0.15) is 5.26 Å². The predicted octanol–water partition coefficient (Wildman–Crippen LogP) is 6.61. The van der Waals surface area contributed by atoms with Crippen LogP contribution in [0.4, 0.5) is 0 Å². The van der Waals surface area contributed by atoms with E-state index in [-0.39, 0.29) is 0 Å². The van der Waals surface area contributed by atoms with Gasteiger partial charge in [0.2, 0.25) is 0 Å². The number of hydrogen-bond donors (Lipinski definition) is 0. The maximum atomic E-state index is 9.14. The molecule has 27 heavy (non-hydrogen) atoms. The number of rotatable bonds is 2. The molecule has 5 rings (SSSR count). The van der Waals surface area contributed by atoms with E-state index in [1.54, 1.807) is 0 Å². The predicted molar refractivity (Wildman–Crippen MR) is 113 cm³/mol. The van der Waals surface area contributed by atoms with Crippen molar-refractivity contribution < 1.29 is 0 Å². The van der Waals surface area contributed by atoms with Crippen LogP contribution in [0.5, 0.6) is 0 Å². The summed E-state index contributed by atoms with van der Waals surface area (Å²) in [6.07, 6.45) is 0.826. The number of benzene rings is 5. The summed E-state index contributed by atoms with van der Waals surface area (Å²) < 4.78 is 0. The number of nitrogens with zero attached hydrogens (tertiary/aromatic N) is 1. The van der Waals surface area contributed by atoms with E-state index < -0.39 is 0 Å². The molecule has 5 aromatic carbocycles. The number of hydrogen-bond acceptors (Lipinski definition) is 1. The maximum absolute atomic E-state index is 9.14. The molecular formula is C26H17N. The van der Waals surface area contributed by atoms with Crippen molar-refractivity contribution >= 4 is 32.3 Å². The summed E-state index contributed by atoms with van der Waals surface area (Å²) >= 11 is 0. The fourth-order valence-corrected chi connectivity index (χ4v) is 4.05. The van der Waals surface area contributed by atoms with Gasteiger partial charge in [-0.3, -0.25) is 0 Å². The normalized spacial score (nSPS) is 11.1. The van der Waals surface area contributed by atoms with Crippen LogP contribution < -0.4 is 0 Å². The van der Waals surface area contributed by atoms with E-state index in [0.29, 0.717) is 5.56 Å². The molecular weight excluding hydrogens is 326 g/mol. The molecule has 0 aliphatic carbocycles. The van der Waals surface area contributed by atoms with Crippen LogP contribution >= 0.6 is 0 Å². The van der Waals surface area contributed by atoms with E-state index in [0.717, 1.165) is 6.42 Å². The molecule has 0 aromatic heterocycles. The Balaban J connectivity index is 1.75. The molecule has 0 fully saturated rings. The first-order valence-electron chi connectivity index (χ1n) is 9.14. The second-order valence-corrected chi connectivity index (χ2v) is 6.96. The maximum Gasteiger partial charge on any atom is 0.0991 e. The molecule has 0 aliphatic heterocycles. The van der Waals surface area contributed by atoms with E-state index >= 15 is 0 Å². The van der Waals surface area contributed by atoms with Crippen molar-refractivity contribution in [3.8, 4) is 6.07 Å². The zero-order valence-electron chi connectivity index (χ0n) is 14.8. The Morgan fingerprint density at radius 2 is 1.07 bits per heavy atom. The zero-order chi connectivity index (χ0) is 18.2. The summed E-state index contributed by atoms with van der Waals surface area (Å²) in [4.78, 5) is 0. The van der Waals surface area contributed by atoms with Crippen LogP contribution in [0.25, 0.3) is 32.3 Å². The van der Waals surface area contributed by atoms with Crippen LogP contribution in [-0.2, 0) is 6.42 Å². The van der Waals surface area contributed by atoms with Gasteiger partial charge in [0.1, 0.15) is 0 Å². The molecule has 0 saturated heterocycles. The first kappa shape index (κ1) is 15.6. The Kier molecular flexibility index (Phi) is 3.62. The van der Waals surface area contributed by atoms with Gasteiger partial charge in [-0.25, -0.2) is 0 Å². The van der Waals surface area contributed by atoms with Crippen molar-refractivity contribution in [1.29, 1.82) is 5.26 Å². The molecule has 0 unspecified atom stereocenters. The van der Waals surface area contributed by atoms with Crippen LogP contribution in [0.3, 0.4) is 0 Å². The molecule has 0 aliphatic rings. The SMILES string of the molecule is N#Cc1cccc(Cc2ccc3c4ccccc4c4ccccc4c3c2)c1. The van der Waals surface area contributed by atoms with Gasteiger partial charge in [0.05, 0.1) is 11.6 Å². The lowest BCUT2D eigenvalue weighted by atomic mass is 9.92. The summed E-state index contributed by atoms with van der Waals surface area (Å²) in [6.45, 7) is 0. The zero-order valence-corrected chi connectivity index (χ0v) is 14.8. The van der Waals surface area contributed by atoms with E-state index in [1.165, 1.54) is 43.4 Å². The monoisotopic (exact) mass is 343 g/mol. The lowest BCUT2D eigenvalue weighted by Crippen LogP contribution is -1.90. The topological polar surface area (TPSA) is 23.8 Å². The smallest absolute Gasteiger partial charge is 0.0991 e. The first-order chi connectivity index (χ1) is 13.3. The van der Waals surface area contributed by atoms with Crippen LogP contribution in [0.15, 0.2) is 91.0 Å². The van der Waals surface area contributed by atoms with Gasteiger partial charge in [-0.1, -0.05) is 78.9 Å². The molecule has 0 bridgehead atoms. The third-order valence-electron chi connectivity index (χ3n) is 5.27. The molecule has 0 amide bonds. The number of fused-ring (bicyclic) bond motifs is 6. The third-order valence-corrected chi connectivity index (χ3v) is 5.27. The summed E-state index contributed by atoms with van der Waals surface area (Å²) in [7, 11) is 0. The lowest BCUT2D eigenvalue weighted by Gasteiger charge is -2.12. The third kappa shape index (κ3) is 2.63. The Morgan fingerprint density at radius 1 is 0.519 bits per heavy atom. The van der Waals surface area contributed by atoms with Gasteiger partial charge >= 0.3 is 0 Å². The van der Waals surface area contributed by atoms with Crippen molar-refractivity contribution in [2.45, 2.75) is 6.42 Å². The van der Waals surface area contributed by atoms with Gasteiger partial charge in [0.25, 0.3) is 0 Å². The molecule has 0 N–H and O–H groups in total. The summed E-state index contributed by atoms with van der Waals surface area (Å²) in [5.74, 6) is 0. The average molecular weight is 343 g/mol. The van der Waals surface area contributed by atoms with Crippen molar-refractivity contribution in [1.82, 2.24) is 0 Å². The van der Waals surface area contributed by atoms with Crippen LogP contribution in [0.1, 0.15) is 16.7 Å². The van der Waals surface area contributed by atoms with E-state index in [9.17, 15) is 0 Å². The molecule has 0 heterocycles. The fraction of sp³-hybridized carbons (Fsp3) is 0.0385. The van der Waals surface area contributed by atoms with Crippen LogP contribution in [0, 0.1) is 11.3 Å². The summed E-state index contributed by atoms with van der Waals surface area (Å²) in [6, 6.07) is 34.1. The second kappa shape index (κ2) is 6.27. The highest BCUT2D eigenvalue weighted by molar-refractivity contribution is 6.25. The van der Waals surface area contributed by atoms with Gasteiger partial charge < -0.3 is 0 Å². The molecule has 0 spiro atoms. The molecule has 0 atom stereocenters. The molecule has 1 nitrogen and oxygen atoms in total. The Morgan fingerprint density at radius 3 is 1.70 bits per heavy atom. The number of nitriles is 1. The van der Waals surface area contributed by atoms with Crippen molar-refractivity contribution in [2.24, 2.45) is 0 Å². The lowest BCUT2D eigenvalue weighted by molar-refractivity contribution is 1.20. The summed E-state index contributed by atoms with van der Waals surface area (Å²) in [5, 5.41) is 16.9. The highest BCUT2D eigenvalue weighted by Crippen LogP contribution is 2.35. The van der Waals surface area contributed by atoms with E-state index in [2.05, 4.69) is 78.9 Å². The summed E-state index contributed by atoms with van der Waals surface area (Å²) in [5.41, 5.74) is 3.14. The average Bonchev–Trinajstić information content (AvgIpc) is 2.74. The quantitative estimate of drug-likeness (QED) is 0.331. The van der Waals surface area contributed by atoms with Crippen molar-refractivity contribution in [2.75, 3.05) is 0 Å². The Labute approximate surface area is 158 Å². The van der Waals surface area contributed by atoms with E-state index in [4.69, 9.17) is 5.26 Å². The Bertz CT molecular complexity index is 1320. The van der Waals surface area contributed by atoms with Crippen LogP contribution in [-0.4, -0.2) is 0 Å². The standard InChI is InChI=1S/C26H17N/c27-17-20-7-5-6-18(15-20)14-19-12-13-25-23-10-2-1-8-21(23)22-9-3-4-11-24(22)26(25)16-19/h1-13,15-16H,14H2. The minimum atomic E-state index is 0.713. The van der Waals surface area contributed by atoms with Gasteiger partial charge in [0, 0.05) is 0 Å². The molecule has 5 aromatic rings. The minimum Gasteiger partial charge on any atom is -0.192 e. The van der Waals surface area contributed by atoms with Gasteiger partial charge in [0.15, 0.2) is 0 Å². The highest BCUT2D eigenvalue weighted by atomic mass is 14.2. The molecule has 0 radical (unpaired) electrons. The second-order valence-electron chi connectivity index (χ2n) is 6.96. The van der Waals surface area contributed by atoms with Crippen molar-refractivity contribution in [3.05, 3.63) is 108 Å². The van der Waals surface area contributed by atoms with Crippen LogP contribution in [0.2, 0.25) is 0 Å². The Hall–Kier alpha value is -3.63. The van der Waals surface area contributed by atoms with E-state index in [1.807, 2.05) is 18.2 Å². The fourth-order valence-electron chi connectivity index (χ4n) is 4.05. The highest BCUT2D eigenvalue weighted by Gasteiger charge is 2.09. The minimum absolute atomic E-state index is 0.713. The largest absolute Gasteiger partial charge is 0.192 e. The molecule has 0 saturated carbocycles. The van der Waals surface area contributed by atoms with Crippen molar-refractivity contribution in [3.63, 3.8) is 0 Å². The van der Waals surface area contributed by atoms with Gasteiger partial charge in [-0.05, 0) is 62.0 Å². The first-order valence-corrected chi connectivity index (χ1v) is 9.14. The van der Waals surface area contributed by atoms with Gasteiger partial charge in [-0.15, -0.1) is 0 Å².